The van der Waals surface area contributed by atoms with Gasteiger partial charge in [0.15, 0.2) is 5.78 Å². The number of benzene rings is 1. The summed E-state index contributed by atoms with van der Waals surface area (Å²) < 4.78 is 6.08. The molecule has 1 aromatic heterocycles. The lowest BCUT2D eigenvalue weighted by atomic mass is 10.1. The first kappa shape index (κ1) is 15.4. The Bertz CT molecular complexity index is 853. The summed E-state index contributed by atoms with van der Waals surface area (Å²) in [7, 11) is 0. The predicted molar refractivity (Wildman–Crippen MR) is 88.9 cm³/mol. The molecule has 1 heterocycles. The smallest absolute Gasteiger partial charge is 0.341 e. The lowest BCUT2D eigenvalue weighted by molar-refractivity contribution is -0.140. The molecule has 3 rings (SSSR count). The minimum atomic E-state index is -0.569. The van der Waals surface area contributed by atoms with E-state index in [1.165, 1.54) is 18.3 Å². The standard InChI is InChI=1S/C18H15NO3S/c1-11(20)16(18(21)22-9-12-5-6-12)7-14-10-23-17-13(8-19)3-2-4-15(14)17/h2-4,7,10,12H,5-6,9H2,1H3/b16-7+. The minimum absolute atomic E-state index is 0.0488. The number of ketones is 1. The Morgan fingerprint density at radius 1 is 1.43 bits per heavy atom. The van der Waals surface area contributed by atoms with Gasteiger partial charge in [-0.2, -0.15) is 5.26 Å². The van der Waals surface area contributed by atoms with E-state index in [1.807, 2.05) is 11.4 Å². The van der Waals surface area contributed by atoms with Crippen LogP contribution in [0.25, 0.3) is 16.2 Å². The zero-order valence-electron chi connectivity index (χ0n) is 12.7. The van der Waals surface area contributed by atoms with Gasteiger partial charge in [0.1, 0.15) is 11.6 Å². The van der Waals surface area contributed by atoms with Crippen LogP contribution in [0.5, 0.6) is 0 Å². The molecule has 0 amide bonds. The summed E-state index contributed by atoms with van der Waals surface area (Å²) in [6.45, 7) is 1.74. The molecule has 4 nitrogen and oxygen atoms in total. The maximum atomic E-state index is 12.1. The molecule has 1 aromatic carbocycles. The molecule has 0 aliphatic heterocycles. The molecule has 1 saturated carbocycles. The van der Waals surface area contributed by atoms with E-state index in [9.17, 15) is 9.59 Å². The predicted octanol–water partition coefficient (Wildman–Crippen LogP) is 3.70. The van der Waals surface area contributed by atoms with Crippen molar-refractivity contribution >= 4 is 39.3 Å². The van der Waals surface area contributed by atoms with E-state index in [0.29, 0.717) is 18.1 Å². The van der Waals surface area contributed by atoms with Crippen molar-refractivity contribution in [1.82, 2.24) is 0 Å². The van der Waals surface area contributed by atoms with Crippen molar-refractivity contribution in [3.8, 4) is 6.07 Å². The number of Topliss-reactive ketones (excluding diaryl/α,β-unsaturated/α-hetero) is 1. The molecule has 0 unspecified atom stereocenters. The maximum Gasteiger partial charge on any atom is 0.341 e. The van der Waals surface area contributed by atoms with Gasteiger partial charge >= 0.3 is 5.97 Å². The molecule has 5 heteroatoms. The first-order chi connectivity index (χ1) is 11.1. The third-order valence-corrected chi connectivity index (χ3v) is 4.84. The largest absolute Gasteiger partial charge is 0.462 e. The molecular formula is C18H15NO3S. The Kier molecular flexibility index (Phi) is 4.26. The number of ether oxygens (including phenoxy) is 1. The highest BCUT2D eigenvalue weighted by Crippen LogP contribution is 2.31. The van der Waals surface area contributed by atoms with Crippen molar-refractivity contribution < 1.29 is 14.3 Å². The van der Waals surface area contributed by atoms with Gasteiger partial charge in [-0.3, -0.25) is 4.79 Å². The molecule has 1 fully saturated rings. The quantitative estimate of drug-likeness (QED) is 0.364. The van der Waals surface area contributed by atoms with Crippen LogP contribution >= 0.6 is 11.3 Å². The van der Waals surface area contributed by atoms with Gasteiger partial charge in [0.25, 0.3) is 0 Å². The van der Waals surface area contributed by atoms with Crippen molar-refractivity contribution in [2.45, 2.75) is 19.8 Å². The summed E-state index contributed by atoms with van der Waals surface area (Å²) in [5.74, 6) is -0.436. The zero-order chi connectivity index (χ0) is 16.4. The third kappa shape index (κ3) is 3.33. The highest BCUT2D eigenvalue weighted by Gasteiger charge is 2.25. The molecule has 23 heavy (non-hydrogen) atoms. The lowest BCUT2D eigenvalue weighted by Crippen LogP contribution is -2.15. The maximum absolute atomic E-state index is 12.1. The lowest BCUT2D eigenvalue weighted by Gasteiger charge is -2.05. The van der Waals surface area contributed by atoms with Crippen LogP contribution in [-0.2, 0) is 14.3 Å². The fraction of sp³-hybridized carbons (Fsp3) is 0.278. The normalized spacial score (nSPS) is 14.5. The number of hydrogen-bond donors (Lipinski definition) is 0. The van der Waals surface area contributed by atoms with E-state index in [-0.39, 0.29) is 11.4 Å². The molecule has 0 radical (unpaired) electrons. The number of esters is 1. The van der Waals surface area contributed by atoms with E-state index < -0.39 is 5.97 Å². The summed E-state index contributed by atoms with van der Waals surface area (Å²) >= 11 is 1.43. The zero-order valence-corrected chi connectivity index (χ0v) is 13.5. The molecule has 1 aliphatic rings. The van der Waals surface area contributed by atoms with Crippen molar-refractivity contribution in [3.63, 3.8) is 0 Å². The van der Waals surface area contributed by atoms with Crippen LogP contribution in [0.2, 0.25) is 0 Å². The average molecular weight is 325 g/mol. The van der Waals surface area contributed by atoms with E-state index in [0.717, 1.165) is 28.5 Å². The van der Waals surface area contributed by atoms with Crippen LogP contribution in [0.4, 0.5) is 0 Å². The highest BCUT2D eigenvalue weighted by molar-refractivity contribution is 7.17. The number of rotatable bonds is 5. The summed E-state index contributed by atoms with van der Waals surface area (Å²) in [4.78, 5) is 24.0. The van der Waals surface area contributed by atoms with Gasteiger partial charge in [0.05, 0.1) is 16.9 Å². The molecule has 0 saturated heterocycles. The van der Waals surface area contributed by atoms with E-state index in [1.54, 1.807) is 18.2 Å². The molecule has 0 N–H and O–H groups in total. The highest BCUT2D eigenvalue weighted by atomic mass is 32.1. The number of thiophene rings is 1. The second kappa shape index (κ2) is 6.35. The molecule has 1 aliphatic carbocycles. The van der Waals surface area contributed by atoms with Gasteiger partial charge in [0.2, 0.25) is 0 Å². The monoisotopic (exact) mass is 325 g/mol. The number of hydrogen-bond acceptors (Lipinski definition) is 5. The molecule has 2 aromatic rings. The van der Waals surface area contributed by atoms with Gasteiger partial charge in [-0.05, 0) is 48.8 Å². The summed E-state index contributed by atoms with van der Waals surface area (Å²) in [6, 6.07) is 7.58. The first-order valence-corrected chi connectivity index (χ1v) is 8.28. The summed E-state index contributed by atoms with van der Waals surface area (Å²) in [6.07, 6.45) is 3.73. The van der Waals surface area contributed by atoms with Gasteiger partial charge in [-0.25, -0.2) is 4.79 Å². The number of carbonyl (C=O) groups is 2. The number of fused-ring (bicyclic) bond motifs is 1. The van der Waals surface area contributed by atoms with Crippen LogP contribution < -0.4 is 0 Å². The number of nitrogens with zero attached hydrogens (tertiary/aromatic N) is 1. The van der Waals surface area contributed by atoms with E-state index in [4.69, 9.17) is 10.00 Å². The fourth-order valence-corrected chi connectivity index (χ4v) is 3.29. The van der Waals surface area contributed by atoms with Crippen LogP contribution in [-0.4, -0.2) is 18.4 Å². The molecular weight excluding hydrogens is 310 g/mol. The minimum Gasteiger partial charge on any atom is -0.462 e. The third-order valence-electron chi connectivity index (χ3n) is 3.80. The van der Waals surface area contributed by atoms with Gasteiger partial charge in [-0.1, -0.05) is 12.1 Å². The summed E-state index contributed by atoms with van der Waals surface area (Å²) in [5, 5.41) is 11.9. The molecule has 0 spiro atoms. The second-order valence-electron chi connectivity index (χ2n) is 5.64. The SMILES string of the molecule is CC(=O)/C(=C\c1csc2c(C#N)cccc12)C(=O)OCC1CC1. The van der Waals surface area contributed by atoms with Crippen LogP contribution in [0.1, 0.15) is 30.9 Å². The molecule has 0 bridgehead atoms. The Morgan fingerprint density at radius 3 is 2.87 bits per heavy atom. The summed E-state index contributed by atoms with van der Waals surface area (Å²) in [5.41, 5.74) is 1.40. The topological polar surface area (TPSA) is 67.2 Å². The Balaban J connectivity index is 1.94. The molecule has 116 valence electrons. The number of carbonyl (C=O) groups excluding carboxylic acids is 2. The van der Waals surface area contributed by atoms with Crippen molar-refractivity contribution in [2.75, 3.05) is 6.61 Å². The van der Waals surface area contributed by atoms with E-state index >= 15 is 0 Å². The van der Waals surface area contributed by atoms with Crippen LogP contribution in [0.15, 0.2) is 29.2 Å². The van der Waals surface area contributed by atoms with Crippen LogP contribution in [0, 0.1) is 17.2 Å². The van der Waals surface area contributed by atoms with Crippen molar-refractivity contribution in [2.24, 2.45) is 5.92 Å². The molecule has 0 atom stereocenters. The second-order valence-corrected chi connectivity index (χ2v) is 6.52. The van der Waals surface area contributed by atoms with Gasteiger partial charge < -0.3 is 4.74 Å². The van der Waals surface area contributed by atoms with Crippen molar-refractivity contribution in [1.29, 1.82) is 5.26 Å². The van der Waals surface area contributed by atoms with E-state index in [2.05, 4.69) is 6.07 Å². The Morgan fingerprint density at radius 2 is 2.22 bits per heavy atom. The average Bonchev–Trinajstić information content (AvgIpc) is 3.28. The van der Waals surface area contributed by atoms with Gasteiger partial charge in [-0.15, -0.1) is 11.3 Å². The Hall–Kier alpha value is -2.45. The number of nitriles is 1. The van der Waals surface area contributed by atoms with Crippen molar-refractivity contribution in [3.05, 3.63) is 40.3 Å². The first-order valence-electron chi connectivity index (χ1n) is 7.40. The van der Waals surface area contributed by atoms with Gasteiger partial charge in [0, 0.05) is 5.39 Å². The van der Waals surface area contributed by atoms with Crippen LogP contribution in [0.3, 0.4) is 0 Å². The fourth-order valence-electron chi connectivity index (χ4n) is 2.29. The Labute approximate surface area is 138 Å².